The van der Waals surface area contributed by atoms with Gasteiger partial charge in [0, 0.05) is 0 Å². The molecular formula is C4H5ClF3NO2. The van der Waals surface area contributed by atoms with Gasteiger partial charge in [0.2, 0.25) is 6.04 Å². The van der Waals surface area contributed by atoms with Crippen molar-refractivity contribution in [2.75, 3.05) is 6.00 Å². The summed E-state index contributed by atoms with van der Waals surface area (Å²) in [4.78, 5) is 9.89. The van der Waals surface area contributed by atoms with Crippen LogP contribution in [0, 0.1) is 0 Å². The van der Waals surface area contributed by atoms with Crippen LogP contribution in [0.3, 0.4) is 0 Å². The fourth-order valence-corrected chi connectivity index (χ4v) is 0.575. The molecule has 7 heteroatoms. The van der Waals surface area contributed by atoms with Crippen LogP contribution in [0.2, 0.25) is 0 Å². The lowest BCUT2D eigenvalue weighted by Crippen LogP contribution is -2.47. The summed E-state index contributed by atoms with van der Waals surface area (Å²) in [5, 5.41) is 9.56. The van der Waals surface area contributed by atoms with E-state index >= 15 is 0 Å². The first-order valence-corrected chi connectivity index (χ1v) is 3.02. The van der Waals surface area contributed by atoms with Crippen LogP contribution in [-0.4, -0.2) is 29.3 Å². The zero-order valence-corrected chi connectivity index (χ0v) is 5.91. The highest BCUT2D eigenvalue weighted by molar-refractivity contribution is 6.17. The molecule has 0 radical (unpaired) electrons. The van der Waals surface area contributed by atoms with E-state index in [4.69, 9.17) is 16.7 Å². The van der Waals surface area contributed by atoms with Gasteiger partial charge in [-0.05, 0) is 0 Å². The van der Waals surface area contributed by atoms with Crippen molar-refractivity contribution in [2.24, 2.45) is 0 Å². The maximum absolute atomic E-state index is 11.7. The monoisotopic (exact) mass is 191 g/mol. The second-order valence-corrected chi connectivity index (χ2v) is 1.92. The van der Waals surface area contributed by atoms with Crippen LogP contribution < -0.4 is 5.32 Å². The average Bonchev–Trinajstić information content (AvgIpc) is 1.79. The normalized spacial score (nSPS) is 14.5. The summed E-state index contributed by atoms with van der Waals surface area (Å²) in [6.45, 7) is 0. The topological polar surface area (TPSA) is 49.3 Å². The number of hydrogen-bond donors (Lipinski definition) is 2. The van der Waals surface area contributed by atoms with E-state index in [0.717, 1.165) is 0 Å². The second-order valence-electron chi connectivity index (χ2n) is 1.65. The average molecular weight is 192 g/mol. The third-order valence-electron chi connectivity index (χ3n) is 0.856. The number of halogens is 4. The van der Waals surface area contributed by atoms with Crippen molar-refractivity contribution in [1.82, 2.24) is 5.32 Å². The van der Waals surface area contributed by atoms with Gasteiger partial charge in [-0.25, -0.2) is 0 Å². The SMILES string of the molecule is O=C(O)[C@@H](NCCl)C(F)(F)F. The molecule has 2 N–H and O–H groups in total. The van der Waals surface area contributed by atoms with Crippen LogP contribution in [0.1, 0.15) is 0 Å². The van der Waals surface area contributed by atoms with Crippen LogP contribution in [0.4, 0.5) is 13.2 Å². The Hall–Kier alpha value is -0.490. The van der Waals surface area contributed by atoms with Gasteiger partial charge in [0.15, 0.2) is 0 Å². The van der Waals surface area contributed by atoms with Gasteiger partial charge in [-0.3, -0.25) is 10.1 Å². The van der Waals surface area contributed by atoms with Gasteiger partial charge in [0.25, 0.3) is 0 Å². The first kappa shape index (κ1) is 10.5. The molecule has 0 aromatic carbocycles. The van der Waals surface area contributed by atoms with Crippen LogP contribution in [0.5, 0.6) is 0 Å². The van der Waals surface area contributed by atoms with Crippen molar-refractivity contribution in [3.8, 4) is 0 Å². The molecule has 0 aliphatic heterocycles. The third kappa shape index (κ3) is 3.43. The van der Waals surface area contributed by atoms with Gasteiger partial charge in [0.05, 0.1) is 6.00 Å². The molecule has 11 heavy (non-hydrogen) atoms. The largest absolute Gasteiger partial charge is 0.480 e. The summed E-state index contributed by atoms with van der Waals surface area (Å²) in [7, 11) is 0. The van der Waals surface area contributed by atoms with Gasteiger partial charge in [0.1, 0.15) is 0 Å². The first-order valence-electron chi connectivity index (χ1n) is 2.48. The zero-order valence-electron chi connectivity index (χ0n) is 5.15. The molecule has 0 aromatic rings. The van der Waals surface area contributed by atoms with Gasteiger partial charge >= 0.3 is 12.1 Å². The molecule has 0 heterocycles. The standard InChI is InChI=1S/C4H5ClF3NO2/c5-1-9-2(3(10)11)4(6,7)8/h2,9H,1H2,(H,10,11)/t2-/m1/s1. The quantitative estimate of drug-likeness (QED) is 0.512. The molecule has 0 saturated heterocycles. The molecule has 0 rings (SSSR count). The fraction of sp³-hybridized carbons (Fsp3) is 0.750. The highest BCUT2D eigenvalue weighted by Crippen LogP contribution is 2.20. The maximum atomic E-state index is 11.7. The Bertz CT molecular complexity index is 149. The third-order valence-corrected chi connectivity index (χ3v) is 1.01. The maximum Gasteiger partial charge on any atom is 0.414 e. The molecule has 66 valence electrons. The smallest absolute Gasteiger partial charge is 0.414 e. The van der Waals surface area contributed by atoms with E-state index in [1.165, 1.54) is 0 Å². The van der Waals surface area contributed by atoms with Crippen LogP contribution in [0.25, 0.3) is 0 Å². The highest BCUT2D eigenvalue weighted by Gasteiger charge is 2.44. The minimum absolute atomic E-state index is 0.559. The minimum atomic E-state index is -4.80. The van der Waals surface area contributed by atoms with Crippen molar-refractivity contribution >= 4 is 17.6 Å². The molecule has 3 nitrogen and oxygen atoms in total. The molecule has 0 aromatic heterocycles. The Morgan fingerprint density at radius 1 is 1.64 bits per heavy atom. The van der Waals surface area contributed by atoms with E-state index in [1.807, 2.05) is 0 Å². The number of rotatable bonds is 3. The molecule has 0 fully saturated rings. The Morgan fingerprint density at radius 3 is 2.18 bits per heavy atom. The lowest BCUT2D eigenvalue weighted by atomic mass is 10.3. The Balaban J connectivity index is 4.22. The molecule has 0 spiro atoms. The molecule has 0 unspecified atom stereocenters. The lowest BCUT2D eigenvalue weighted by Gasteiger charge is -2.15. The van der Waals surface area contributed by atoms with E-state index in [0.29, 0.717) is 0 Å². The number of carbonyl (C=O) groups is 1. The lowest BCUT2D eigenvalue weighted by molar-refractivity contribution is -0.179. The van der Waals surface area contributed by atoms with Gasteiger partial charge < -0.3 is 5.11 Å². The first-order chi connectivity index (χ1) is 4.89. The predicted octanol–water partition coefficient (Wildman–Crippen LogP) is 0.788. The molecule has 0 aliphatic rings. The van der Waals surface area contributed by atoms with Crippen molar-refractivity contribution in [2.45, 2.75) is 12.2 Å². The minimum Gasteiger partial charge on any atom is -0.480 e. The molecule has 0 amide bonds. The number of aliphatic carboxylic acids is 1. The molecule has 0 bridgehead atoms. The van der Waals surface area contributed by atoms with E-state index in [1.54, 1.807) is 5.32 Å². The molecule has 0 aliphatic carbocycles. The summed E-state index contributed by atoms with van der Waals surface area (Å²) in [5.41, 5.74) is 0. The van der Waals surface area contributed by atoms with Crippen LogP contribution in [-0.2, 0) is 4.79 Å². The van der Waals surface area contributed by atoms with Gasteiger partial charge in [-0.15, -0.1) is 11.6 Å². The van der Waals surface area contributed by atoms with Gasteiger partial charge in [-0.2, -0.15) is 13.2 Å². The van der Waals surface area contributed by atoms with Crippen molar-refractivity contribution in [3.63, 3.8) is 0 Å². The number of carboxylic acid groups (broad SMARTS) is 1. The summed E-state index contributed by atoms with van der Waals surface area (Å²) >= 11 is 4.87. The summed E-state index contributed by atoms with van der Waals surface area (Å²) in [5.74, 6) is -1.99. The predicted molar refractivity (Wildman–Crippen MR) is 31.3 cm³/mol. The zero-order chi connectivity index (χ0) is 9.07. The number of nitrogens with one attached hydrogen (secondary N) is 1. The van der Waals surface area contributed by atoms with E-state index in [9.17, 15) is 18.0 Å². The molecule has 1 atom stereocenters. The number of carboxylic acids is 1. The Kier molecular flexibility index (Phi) is 3.61. The number of hydrogen-bond acceptors (Lipinski definition) is 2. The summed E-state index contributed by atoms with van der Waals surface area (Å²) in [6, 6.07) is -3.14. The van der Waals surface area contributed by atoms with Crippen LogP contribution in [0.15, 0.2) is 0 Å². The van der Waals surface area contributed by atoms with E-state index < -0.39 is 24.2 Å². The van der Waals surface area contributed by atoms with Gasteiger partial charge in [-0.1, -0.05) is 0 Å². The van der Waals surface area contributed by atoms with E-state index in [2.05, 4.69) is 0 Å². The van der Waals surface area contributed by atoms with Crippen molar-refractivity contribution < 1.29 is 23.1 Å². The second kappa shape index (κ2) is 3.77. The summed E-state index contributed by atoms with van der Waals surface area (Å²) in [6.07, 6.45) is -4.80. The molecule has 0 saturated carbocycles. The summed E-state index contributed by atoms with van der Waals surface area (Å²) < 4.78 is 35.0. The highest BCUT2D eigenvalue weighted by atomic mass is 35.5. The van der Waals surface area contributed by atoms with Crippen molar-refractivity contribution in [3.05, 3.63) is 0 Å². The fourth-order valence-electron chi connectivity index (χ4n) is 0.420. The Morgan fingerprint density at radius 2 is 2.09 bits per heavy atom. The van der Waals surface area contributed by atoms with Crippen LogP contribution >= 0.6 is 11.6 Å². The van der Waals surface area contributed by atoms with Crippen molar-refractivity contribution in [1.29, 1.82) is 0 Å². The molecular weight excluding hydrogens is 186 g/mol. The Labute approximate surface area is 65.1 Å². The van der Waals surface area contributed by atoms with E-state index in [-0.39, 0.29) is 0 Å². The number of alkyl halides is 4.